The summed E-state index contributed by atoms with van der Waals surface area (Å²) in [6.45, 7) is 7.08. The molecule has 0 fully saturated rings. The van der Waals surface area contributed by atoms with Gasteiger partial charge in [-0.2, -0.15) is 0 Å². The molecule has 0 spiro atoms. The van der Waals surface area contributed by atoms with Crippen molar-refractivity contribution in [3.63, 3.8) is 0 Å². The molecule has 0 heterocycles. The predicted molar refractivity (Wildman–Crippen MR) is 48.2 cm³/mol. The Kier molecular flexibility index (Phi) is 7.59. The zero-order valence-corrected chi connectivity index (χ0v) is 8.95. The molecule has 0 bridgehead atoms. The summed E-state index contributed by atoms with van der Waals surface area (Å²) in [6.07, 6.45) is 0. The first-order valence-electron chi connectivity index (χ1n) is 2.62. The van der Waals surface area contributed by atoms with Crippen molar-refractivity contribution in [1.29, 1.82) is 0 Å². The second-order valence-electron chi connectivity index (χ2n) is 3.07. The maximum atomic E-state index is 2.47. The van der Waals surface area contributed by atoms with E-state index in [0.29, 0.717) is 0 Å². The minimum atomic E-state index is -0.840. The summed E-state index contributed by atoms with van der Waals surface area (Å²) in [5.41, 5.74) is 0. The van der Waals surface area contributed by atoms with Crippen LogP contribution >= 0.6 is 0 Å². The van der Waals surface area contributed by atoms with Gasteiger partial charge in [0.1, 0.15) is 8.24 Å². The van der Waals surface area contributed by atoms with Crippen LogP contribution in [0.2, 0.25) is 19.6 Å². The fraction of sp³-hybridized carbons (Fsp3) is 1.00. The monoisotopic (exact) mass is 173 g/mol. The van der Waals surface area contributed by atoms with Crippen LogP contribution in [0.5, 0.6) is 0 Å². The second-order valence-corrected chi connectivity index (χ2v) is 10.5. The second kappa shape index (κ2) is 4.79. The average molecular weight is 173 g/mol. The Morgan fingerprint density at radius 1 is 1.25 bits per heavy atom. The van der Waals surface area contributed by atoms with Crippen LogP contribution in [0.25, 0.3) is 0 Å². The molecule has 0 saturated carbocycles. The van der Waals surface area contributed by atoms with E-state index in [2.05, 4.69) is 30.9 Å². The molecule has 0 N–H and O–H groups in total. The molecule has 0 aliphatic heterocycles. The first kappa shape index (κ1) is 12.7. The molecule has 0 unspecified atom stereocenters. The van der Waals surface area contributed by atoms with Gasteiger partial charge in [-0.3, -0.25) is 0 Å². The first-order valence-corrected chi connectivity index (χ1v) is 6.96. The van der Waals surface area contributed by atoms with E-state index in [1.807, 2.05) is 0 Å². The Hall–Kier alpha value is 2.03. The van der Waals surface area contributed by atoms with Crippen molar-refractivity contribution >= 4 is 70.0 Å². The molecule has 8 heavy (non-hydrogen) atoms. The SMILES string of the molecule is CN([SiH3])[Si](C)(C)C.[KH]. The van der Waals surface area contributed by atoms with Crippen LogP contribution in [-0.2, 0) is 0 Å². The third kappa shape index (κ3) is 6.15. The van der Waals surface area contributed by atoms with E-state index in [1.165, 1.54) is 10.4 Å². The van der Waals surface area contributed by atoms with E-state index in [9.17, 15) is 0 Å². The molecule has 0 rings (SSSR count). The number of hydrogen-bond acceptors (Lipinski definition) is 1. The molecular formula is C4H16KNSi2. The number of rotatable bonds is 1. The summed E-state index contributed by atoms with van der Waals surface area (Å²) in [4.78, 5) is 0. The third-order valence-corrected chi connectivity index (χ3v) is 8.05. The molecular weight excluding hydrogens is 157 g/mol. The summed E-state index contributed by atoms with van der Waals surface area (Å²) < 4.78 is 2.47. The molecule has 0 aromatic rings. The normalized spacial score (nSPS) is 11.6. The summed E-state index contributed by atoms with van der Waals surface area (Å²) >= 11 is 0. The van der Waals surface area contributed by atoms with Crippen LogP contribution in [0.4, 0.5) is 0 Å². The van der Waals surface area contributed by atoms with Crippen molar-refractivity contribution in [2.75, 3.05) is 7.05 Å². The third-order valence-electron chi connectivity index (χ3n) is 1.34. The summed E-state index contributed by atoms with van der Waals surface area (Å²) in [5.74, 6) is 0. The van der Waals surface area contributed by atoms with E-state index in [4.69, 9.17) is 0 Å². The van der Waals surface area contributed by atoms with Crippen LogP contribution in [-0.4, -0.2) is 81.3 Å². The quantitative estimate of drug-likeness (QED) is 0.478. The van der Waals surface area contributed by atoms with Gasteiger partial charge in [0.05, 0.1) is 10.4 Å². The number of nitrogens with zero attached hydrogens (tertiary/aromatic N) is 1. The van der Waals surface area contributed by atoms with Gasteiger partial charge in [0.15, 0.2) is 0 Å². The first-order chi connectivity index (χ1) is 2.94. The van der Waals surface area contributed by atoms with Crippen molar-refractivity contribution in [3.8, 4) is 0 Å². The van der Waals surface area contributed by atoms with Gasteiger partial charge in [-0.25, -0.2) is 0 Å². The van der Waals surface area contributed by atoms with Crippen molar-refractivity contribution in [2.24, 2.45) is 0 Å². The van der Waals surface area contributed by atoms with Gasteiger partial charge in [-0.05, 0) is 7.05 Å². The van der Waals surface area contributed by atoms with E-state index in [0.717, 1.165) is 0 Å². The van der Waals surface area contributed by atoms with Gasteiger partial charge >= 0.3 is 51.4 Å². The zero-order valence-electron chi connectivity index (χ0n) is 5.95. The van der Waals surface area contributed by atoms with E-state index in [1.54, 1.807) is 0 Å². The Morgan fingerprint density at radius 2 is 1.38 bits per heavy atom. The molecule has 0 aliphatic rings. The van der Waals surface area contributed by atoms with Gasteiger partial charge < -0.3 is 4.23 Å². The van der Waals surface area contributed by atoms with Crippen molar-refractivity contribution in [2.45, 2.75) is 19.6 Å². The topological polar surface area (TPSA) is 3.24 Å². The van der Waals surface area contributed by atoms with Crippen LogP contribution < -0.4 is 0 Å². The van der Waals surface area contributed by atoms with Gasteiger partial charge in [0, 0.05) is 0 Å². The molecule has 0 aromatic heterocycles. The molecule has 46 valence electrons. The van der Waals surface area contributed by atoms with Crippen molar-refractivity contribution in [1.82, 2.24) is 4.23 Å². The summed E-state index contributed by atoms with van der Waals surface area (Å²) in [6, 6.07) is 0. The molecule has 1 nitrogen and oxygen atoms in total. The Balaban J connectivity index is 0. The molecule has 0 saturated heterocycles. The van der Waals surface area contributed by atoms with Gasteiger partial charge in [0.25, 0.3) is 0 Å². The Labute approximate surface area is 99.2 Å². The average Bonchev–Trinajstić information content (AvgIpc) is 1.31. The fourth-order valence-corrected chi connectivity index (χ4v) is 0. The van der Waals surface area contributed by atoms with Gasteiger partial charge in [0.2, 0.25) is 0 Å². The standard InChI is InChI=1S/C4H15NSi2.K.H/c1-5(6)7(2,3)4;;/h1-4,6H3;;. The minimum absolute atomic E-state index is 0. The zero-order chi connectivity index (χ0) is 6.08. The van der Waals surface area contributed by atoms with Crippen LogP contribution in [0, 0.1) is 0 Å². The Morgan fingerprint density at radius 3 is 1.38 bits per heavy atom. The molecule has 0 aromatic carbocycles. The summed E-state index contributed by atoms with van der Waals surface area (Å²) in [7, 11) is 2.59. The van der Waals surface area contributed by atoms with Crippen LogP contribution in [0.15, 0.2) is 0 Å². The molecule has 0 radical (unpaired) electrons. The molecule has 4 heteroatoms. The molecule has 0 aliphatic carbocycles. The van der Waals surface area contributed by atoms with Gasteiger partial charge in [-0.1, -0.05) is 19.6 Å². The van der Waals surface area contributed by atoms with Crippen molar-refractivity contribution < 1.29 is 0 Å². The number of hydrogen-bond donors (Lipinski definition) is 0. The summed E-state index contributed by atoms with van der Waals surface area (Å²) in [5, 5.41) is 0. The van der Waals surface area contributed by atoms with E-state index >= 15 is 0 Å². The molecule has 0 atom stereocenters. The maximum absolute atomic E-state index is 2.47. The predicted octanol–water partition coefficient (Wildman–Crippen LogP) is -0.615. The molecule has 0 amide bonds. The van der Waals surface area contributed by atoms with E-state index in [-0.39, 0.29) is 51.4 Å². The van der Waals surface area contributed by atoms with Gasteiger partial charge in [-0.15, -0.1) is 0 Å². The van der Waals surface area contributed by atoms with Crippen molar-refractivity contribution in [3.05, 3.63) is 0 Å². The fourth-order valence-electron chi connectivity index (χ4n) is 0. The van der Waals surface area contributed by atoms with E-state index < -0.39 is 8.24 Å². The van der Waals surface area contributed by atoms with Crippen LogP contribution in [0.1, 0.15) is 0 Å². The Bertz CT molecular complexity index is 59.5. The van der Waals surface area contributed by atoms with Crippen LogP contribution in [0.3, 0.4) is 0 Å².